The normalized spacial score (nSPS) is 16.2. The minimum atomic E-state index is -0.157. The molecule has 0 saturated carbocycles. The molecule has 1 atom stereocenters. The fourth-order valence-electron chi connectivity index (χ4n) is 3.69. The number of benzene rings is 2. The lowest BCUT2D eigenvalue weighted by Crippen LogP contribution is -2.30. The molecule has 0 bridgehead atoms. The Balaban J connectivity index is 1.60. The number of hydrogen-bond acceptors (Lipinski definition) is 5. The van der Waals surface area contributed by atoms with Gasteiger partial charge >= 0.3 is 0 Å². The second kappa shape index (κ2) is 7.76. The average molecular weight is 378 g/mol. The van der Waals surface area contributed by atoms with Crippen LogP contribution >= 0.6 is 0 Å². The molecule has 1 saturated heterocycles. The summed E-state index contributed by atoms with van der Waals surface area (Å²) < 4.78 is 16.2. The number of nitrogens with zero attached hydrogens (tertiary/aromatic N) is 2. The van der Waals surface area contributed by atoms with Crippen molar-refractivity contribution in [1.29, 1.82) is 0 Å². The molecule has 6 nitrogen and oxygen atoms in total. The molecule has 3 aromatic rings. The first-order chi connectivity index (χ1) is 13.7. The summed E-state index contributed by atoms with van der Waals surface area (Å²) in [5.74, 6) is 1.53. The first-order valence-electron chi connectivity index (χ1n) is 9.26. The molecule has 2 heterocycles. The van der Waals surface area contributed by atoms with Gasteiger partial charge in [0.05, 0.1) is 20.3 Å². The van der Waals surface area contributed by atoms with Gasteiger partial charge in [-0.05, 0) is 25.0 Å². The summed E-state index contributed by atoms with van der Waals surface area (Å²) in [7, 11) is 3.25. The van der Waals surface area contributed by atoms with E-state index in [-0.39, 0.29) is 17.7 Å². The zero-order valence-electron chi connectivity index (χ0n) is 15.9. The third kappa shape index (κ3) is 3.33. The fraction of sp³-hybridized carbons (Fsp3) is 0.273. The zero-order chi connectivity index (χ0) is 19.5. The minimum Gasteiger partial charge on any atom is -0.497 e. The number of hydrogen-bond donors (Lipinski definition) is 0. The van der Waals surface area contributed by atoms with Crippen LogP contribution in [0.15, 0.2) is 59.1 Å². The molecule has 144 valence electrons. The number of aromatic nitrogens is 1. The largest absolute Gasteiger partial charge is 0.497 e. The standard InChI is InChI=1S/C22H22N2O4/c1-26-16-10-11-17(20(13-16)27-2)19-9-6-12-24(19)22(25)21-14-18(23-28-21)15-7-4-3-5-8-15/h3-5,7-8,10-11,13-14,19H,6,9,12H2,1-2H3. The Morgan fingerprint density at radius 1 is 1.11 bits per heavy atom. The molecule has 1 amide bonds. The fourth-order valence-corrected chi connectivity index (χ4v) is 3.69. The highest BCUT2D eigenvalue weighted by atomic mass is 16.5. The van der Waals surface area contributed by atoms with Crippen LogP contribution in [0, 0.1) is 0 Å². The van der Waals surface area contributed by atoms with Crippen LogP contribution in [0.5, 0.6) is 11.5 Å². The van der Waals surface area contributed by atoms with Gasteiger partial charge in [-0.1, -0.05) is 35.5 Å². The summed E-state index contributed by atoms with van der Waals surface area (Å²) in [5, 5.41) is 4.07. The Hall–Kier alpha value is -3.28. The highest BCUT2D eigenvalue weighted by Crippen LogP contribution is 2.39. The SMILES string of the molecule is COc1ccc(C2CCCN2C(=O)c2cc(-c3ccccc3)no2)c(OC)c1. The second-order valence-electron chi connectivity index (χ2n) is 6.71. The van der Waals surface area contributed by atoms with Crippen LogP contribution in [-0.2, 0) is 0 Å². The van der Waals surface area contributed by atoms with Crippen LogP contribution in [0.2, 0.25) is 0 Å². The first kappa shape index (κ1) is 18.1. The van der Waals surface area contributed by atoms with E-state index >= 15 is 0 Å². The topological polar surface area (TPSA) is 64.8 Å². The van der Waals surface area contributed by atoms with Crippen LogP contribution in [0.25, 0.3) is 11.3 Å². The molecule has 0 aliphatic carbocycles. The summed E-state index contributed by atoms with van der Waals surface area (Å²) in [6.45, 7) is 0.667. The Labute approximate surface area is 163 Å². The van der Waals surface area contributed by atoms with E-state index in [1.807, 2.05) is 53.4 Å². The molecule has 1 aromatic heterocycles. The Kier molecular flexibility index (Phi) is 5.02. The number of amides is 1. The highest BCUT2D eigenvalue weighted by molar-refractivity contribution is 5.93. The number of carbonyl (C=O) groups is 1. The van der Waals surface area contributed by atoms with E-state index in [0.717, 1.165) is 29.7 Å². The van der Waals surface area contributed by atoms with Crippen molar-refractivity contribution in [3.05, 3.63) is 65.9 Å². The van der Waals surface area contributed by atoms with Crippen LogP contribution in [0.1, 0.15) is 35.0 Å². The predicted molar refractivity (Wildman–Crippen MR) is 104 cm³/mol. The Morgan fingerprint density at radius 3 is 2.68 bits per heavy atom. The molecule has 2 aromatic carbocycles. The van der Waals surface area contributed by atoms with E-state index in [0.29, 0.717) is 18.0 Å². The average Bonchev–Trinajstić information content (AvgIpc) is 3.43. The molecule has 28 heavy (non-hydrogen) atoms. The molecule has 0 spiro atoms. The van der Waals surface area contributed by atoms with Gasteiger partial charge in [0.1, 0.15) is 17.2 Å². The third-order valence-corrected chi connectivity index (χ3v) is 5.10. The molecule has 1 unspecified atom stereocenters. The van der Waals surface area contributed by atoms with E-state index < -0.39 is 0 Å². The van der Waals surface area contributed by atoms with Gasteiger partial charge < -0.3 is 18.9 Å². The van der Waals surface area contributed by atoms with E-state index in [1.54, 1.807) is 20.3 Å². The quantitative estimate of drug-likeness (QED) is 0.661. The lowest BCUT2D eigenvalue weighted by Gasteiger charge is -2.25. The number of methoxy groups -OCH3 is 2. The van der Waals surface area contributed by atoms with Crippen molar-refractivity contribution in [2.75, 3.05) is 20.8 Å². The highest BCUT2D eigenvalue weighted by Gasteiger charge is 2.34. The maximum Gasteiger partial charge on any atom is 0.292 e. The van der Waals surface area contributed by atoms with Crippen molar-refractivity contribution in [1.82, 2.24) is 10.1 Å². The van der Waals surface area contributed by atoms with Gasteiger partial charge in [-0.3, -0.25) is 4.79 Å². The number of ether oxygens (including phenoxy) is 2. The van der Waals surface area contributed by atoms with Crippen LogP contribution in [-0.4, -0.2) is 36.7 Å². The lowest BCUT2D eigenvalue weighted by atomic mass is 10.0. The smallest absolute Gasteiger partial charge is 0.292 e. The van der Waals surface area contributed by atoms with Gasteiger partial charge in [0, 0.05) is 29.8 Å². The van der Waals surface area contributed by atoms with Crippen LogP contribution < -0.4 is 9.47 Å². The molecule has 0 radical (unpaired) electrons. The number of carbonyl (C=O) groups excluding carboxylic acids is 1. The zero-order valence-corrected chi connectivity index (χ0v) is 15.9. The number of rotatable bonds is 5. The molecule has 0 N–H and O–H groups in total. The maximum absolute atomic E-state index is 13.1. The van der Waals surface area contributed by atoms with Crippen molar-refractivity contribution in [3.63, 3.8) is 0 Å². The third-order valence-electron chi connectivity index (χ3n) is 5.10. The first-order valence-corrected chi connectivity index (χ1v) is 9.26. The van der Waals surface area contributed by atoms with E-state index in [9.17, 15) is 4.79 Å². The van der Waals surface area contributed by atoms with Crippen molar-refractivity contribution >= 4 is 5.91 Å². The molecule has 1 aliphatic heterocycles. The monoisotopic (exact) mass is 378 g/mol. The minimum absolute atomic E-state index is 0.0707. The van der Waals surface area contributed by atoms with Gasteiger partial charge in [-0.15, -0.1) is 0 Å². The van der Waals surface area contributed by atoms with Gasteiger partial charge in [0.25, 0.3) is 5.91 Å². The van der Waals surface area contributed by atoms with Gasteiger partial charge in [-0.2, -0.15) is 0 Å². The number of likely N-dealkylation sites (tertiary alicyclic amines) is 1. The Morgan fingerprint density at radius 2 is 1.93 bits per heavy atom. The summed E-state index contributed by atoms with van der Waals surface area (Å²) in [6, 6.07) is 17.0. The van der Waals surface area contributed by atoms with Crippen molar-refractivity contribution < 1.29 is 18.8 Å². The van der Waals surface area contributed by atoms with Crippen molar-refractivity contribution in [3.8, 4) is 22.8 Å². The van der Waals surface area contributed by atoms with Crippen LogP contribution in [0.4, 0.5) is 0 Å². The van der Waals surface area contributed by atoms with Crippen molar-refractivity contribution in [2.45, 2.75) is 18.9 Å². The molecule has 1 aliphatic rings. The van der Waals surface area contributed by atoms with Gasteiger partial charge in [-0.25, -0.2) is 0 Å². The van der Waals surface area contributed by atoms with E-state index in [1.165, 1.54) is 0 Å². The van der Waals surface area contributed by atoms with Gasteiger partial charge in [0.15, 0.2) is 0 Å². The maximum atomic E-state index is 13.1. The Bertz CT molecular complexity index is 968. The van der Waals surface area contributed by atoms with Crippen LogP contribution in [0.3, 0.4) is 0 Å². The second-order valence-corrected chi connectivity index (χ2v) is 6.71. The summed E-state index contributed by atoms with van der Waals surface area (Å²) in [6.07, 6.45) is 1.79. The van der Waals surface area contributed by atoms with E-state index in [4.69, 9.17) is 14.0 Å². The predicted octanol–water partition coefficient (Wildman–Crippen LogP) is 4.34. The summed E-state index contributed by atoms with van der Waals surface area (Å²) in [4.78, 5) is 15.0. The van der Waals surface area contributed by atoms with Gasteiger partial charge in [0.2, 0.25) is 5.76 Å². The molecule has 4 rings (SSSR count). The summed E-state index contributed by atoms with van der Waals surface area (Å²) in [5.41, 5.74) is 2.54. The van der Waals surface area contributed by atoms with E-state index in [2.05, 4.69) is 5.16 Å². The molecular weight excluding hydrogens is 356 g/mol. The summed E-state index contributed by atoms with van der Waals surface area (Å²) >= 11 is 0. The molecular formula is C22H22N2O4. The van der Waals surface area contributed by atoms with Crippen molar-refractivity contribution in [2.24, 2.45) is 0 Å². The molecule has 1 fully saturated rings. The molecule has 6 heteroatoms. The lowest BCUT2D eigenvalue weighted by molar-refractivity contribution is 0.0692.